The summed E-state index contributed by atoms with van der Waals surface area (Å²) >= 11 is 0. The molecule has 3 fully saturated rings. The molecule has 1 aromatic carbocycles. The highest BCUT2D eigenvalue weighted by Crippen LogP contribution is 2.50. The van der Waals surface area contributed by atoms with Gasteiger partial charge in [-0.1, -0.05) is 29.8 Å². The summed E-state index contributed by atoms with van der Waals surface area (Å²) in [6, 6.07) is 8.94. The lowest BCUT2D eigenvalue weighted by atomic mass is 9.69. The normalized spacial score (nSPS) is 35.9. The summed E-state index contributed by atoms with van der Waals surface area (Å²) in [6.07, 6.45) is 2.72. The highest BCUT2D eigenvalue weighted by Gasteiger charge is 2.50. The predicted molar refractivity (Wildman–Crippen MR) is 53.6 cm³/mol. The van der Waals surface area contributed by atoms with Gasteiger partial charge in [-0.05, 0) is 37.8 Å². The van der Waals surface area contributed by atoms with Crippen LogP contribution in [-0.4, -0.2) is 6.54 Å². The maximum absolute atomic E-state index is 3.65. The molecule has 0 atom stereocenters. The van der Waals surface area contributed by atoms with Crippen LogP contribution in [-0.2, 0) is 5.54 Å². The van der Waals surface area contributed by atoms with Gasteiger partial charge in [-0.3, -0.25) is 0 Å². The lowest BCUT2D eigenvalue weighted by Crippen LogP contribution is -2.39. The Bertz CT molecular complexity index is 331. The summed E-state index contributed by atoms with van der Waals surface area (Å²) < 4.78 is 0. The largest absolute Gasteiger partial charge is 0.307 e. The van der Waals surface area contributed by atoms with Gasteiger partial charge >= 0.3 is 0 Å². The molecule has 1 N–H and O–H groups in total. The average molecular weight is 173 g/mol. The lowest BCUT2D eigenvalue weighted by molar-refractivity contribution is 0.229. The number of hydrogen-bond acceptors (Lipinski definition) is 1. The first kappa shape index (κ1) is 7.57. The van der Waals surface area contributed by atoms with Gasteiger partial charge in [0.25, 0.3) is 0 Å². The Kier molecular flexibility index (Phi) is 1.37. The van der Waals surface area contributed by atoms with Crippen molar-refractivity contribution in [2.24, 2.45) is 5.92 Å². The summed E-state index contributed by atoms with van der Waals surface area (Å²) in [5.41, 5.74) is 3.25. The summed E-state index contributed by atoms with van der Waals surface area (Å²) in [5, 5.41) is 3.65. The van der Waals surface area contributed by atoms with E-state index >= 15 is 0 Å². The van der Waals surface area contributed by atoms with Crippen molar-refractivity contribution in [1.29, 1.82) is 0 Å². The van der Waals surface area contributed by atoms with Crippen LogP contribution in [0, 0.1) is 12.8 Å². The third kappa shape index (κ3) is 0.969. The van der Waals surface area contributed by atoms with Crippen LogP contribution in [0.25, 0.3) is 0 Å². The zero-order valence-electron chi connectivity index (χ0n) is 8.01. The van der Waals surface area contributed by atoms with Crippen LogP contribution in [0.5, 0.6) is 0 Å². The first-order valence-electron chi connectivity index (χ1n) is 5.11. The van der Waals surface area contributed by atoms with Gasteiger partial charge in [0.15, 0.2) is 0 Å². The molecule has 3 aliphatic rings. The zero-order valence-corrected chi connectivity index (χ0v) is 8.01. The minimum Gasteiger partial charge on any atom is -0.307 e. The molecule has 1 aliphatic carbocycles. The molecule has 2 bridgehead atoms. The fourth-order valence-electron chi connectivity index (χ4n) is 2.83. The summed E-state index contributed by atoms with van der Waals surface area (Å²) in [6.45, 7) is 3.40. The molecular formula is C12H15N. The highest BCUT2D eigenvalue weighted by molar-refractivity contribution is 5.33. The molecule has 2 aliphatic heterocycles. The second kappa shape index (κ2) is 2.36. The van der Waals surface area contributed by atoms with Crippen molar-refractivity contribution in [3.63, 3.8) is 0 Å². The molecule has 0 unspecified atom stereocenters. The molecule has 2 heterocycles. The third-order valence-corrected chi connectivity index (χ3v) is 3.57. The summed E-state index contributed by atoms with van der Waals surface area (Å²) in [7, 11) is 0. The van der Waals surface area contributed by atoms with Crippen LogP contribution in [0.1, 0.15) is 24.0 Å². The first-order chi connectivity index (χ1) is 6.28. The molecule has 0 radical (unpaired) electrons. The van der Waals surface area contributed by atoms with Crippen LogP contribution < -0.4 is 5.32 Å². The maximum atomic E-state index is 3.65. The number of benzene rings is 1. The SMILES string of the molecule is Cc1cccc(C23CC(CN2)C3)c1. The Morgan fingerprint density at radius 3 is 2.85 bits per heavy atom. The van der Waals surface area contributed by atoms with Crippen LogP contribution >= 0.6 is 0 Å². The molecule has 0 amide bonds. The molecule has 2 saturated heterocycles. The van der Waals surface area contributed by atoms with E-state index in [1.54, 1.807) is 0 Å². The van der Waals surface area contributed by atoms with Crippen LogP contribution in [0.3, 0.4) is 0 Å². The van der Waals surface area contributed by atoms with Crippen molar-refractivity contribution in [1.82, 2.24) is 5.32 Å². The predicted octanol–water partition coefficient (Wildman–Crippen LogP) is 2.20. The molecule has 0 aromatic heterocycles. The van der Waals surface area contributed by atoms with E-state index in [4.69, 9.17) is 0 Å². The highest BCUT2D eigenvalue weighted by atomic mass is 15.1. The molecule has 13 heavy (non-hydrogen) atoms. The van der Waals surface area contributed by atoms with Crippen molar-refractivity contribution in [3.05, 3.63) is 35.4 Å². The molecular weight excluding hydrogens is 158 g/mol. The van der Waals surface area contributed by atoms with E-state index in [0.29, 0.717) is 5.54 Å². The van der Waals surface area contributed by atoms with Crippen molar-refractivity contribution in [2.45, 2.75) is 25.3 Å². The van der Waals surface area contributed by atoms with Crippen molar-refractivity contribution >= 4 is 0 Å². The van der Waals surface area contributed by atoms with Gasteiger partial charge in [-0.25, -0.2) is 0 Å². The smallest absolute Gasteiger partial charge is 0.0441 e. The van der Waals surface area contributed by atoms with Crippen molar-refractivity contribution in [3.8, 4) is 0 Å². The second-order valence-corrected chi connectivity index (χ2v) is 4.61. The summed E-state index contributed by atoms with van der Waals surface area (Å²) in [4.78, 5) is 0. The summed E-state index contributed by atoms with van der Waals surface area (Å²) in [5.74, 6) is 0.959. The monoisotopic (exact) mass is 173 g/mol. The fourth-order valence-corrected chi connectivity index (χ4v) is 2.83. The van der Waals surface area contributed by atoms with Gasteiger partial charge in [0.05, 0.1) is 0 Å². The maximum Gasteiger partial charge on any atom is 0.0441 e. The molecule has 4 rings (SSSR count). The van der Waals surface area contributed by atoms with Gasteiger partial charge in [0.1, 0.15) is 0 Å². The van der Waals surface area contributed by atoms with Crippen LogP contribution in [0.15, 0.2) is 24.3 Å². The van der Waals surface area contributed by atoms with E-state index < -0.39 is 0 Å². The van der Waals surface area contributed by atoms with E-state index in [1.165, 1.54) is 30.5 Å². The second-order valence-electron chi connectivity index (χ2n) is 4.61. The molecule has 1 heteroatoms. The van der Waals surface area contributed by atoms with E-state index in [2.05, 4.69) is 36.5 Å². The van der Waals surface area contributed by atoms with Crippen molar-refractivity contribution < 1.29 is 0 Å². The van der Waals surface area contributed by atoms with Crippen LogP contribution in [0.4, 0.5) is 0 Å². The minimum absolute atomic E-state index is 0.372. The molecule has 1 saturated carbocycles. The number of nitrogens with one attached hydrogen (secondary N) is 1. The Labute approximate surface area is 79.2 Å². The molecule has 68 valence electrons. The molecule has 1 nitrogen and oxygen atoms in total. The number of aryl methyl sites for hydroxylation is 1. The zero-order chi connectivity index (χ0) is 8.89. The van der Waals surface area contributed by atoms with E-state index in [-0.39, 0.29) is 0 Å². The topological polar surface area (TPSA) is 12.0 Å². The lowest BCUT2D eigenvalue weighted by Gasteiger charge is -2.38. The van der Waals surface area contributed by atoms with Gasteiger partial charge in [0.2, 0.25) is 0 Å². The molecule has 0 spiro atoms. The van der Waals surface area contributed by atoms with E-state index in [9.17, 15) is 0 Å². The average Bonchev–Trinajstić information content (AvgIpc) is 2.61. The first-order valence-corrected chi connectivity index (χ1v) is 5.11. The van der Waals surface area contributed by atoms with Gasteiger partial charge < -0.3 is 5.32 Å². The Hall–Kier alpha value is -0.820. The number of fused-ring (bicyclic) bond motifs is 1. The fraction of sp³-hybridized carbons (Fsp3) is 0.500. The number of rotatable bonds is 1. The van der Waals surface area contributed by atoms with Gasteiger partial charge in [-0.2, -0.15) is 0 Å². The quantitative estimate of drug-likeness (QED) is 0.686. The Morgan fingerprint density at radius 1 is 1.38 bits per heavy atom. The number of hydrogen-bond donors (Lipinski definition) is 1. The van der Waals surface area contributed by atoms with E-state index in [0.717, 1.165) is 5.92 Å². The third-order valence-electron chi connectivity index (χ3n) is 3.57. The van der Waals surface area contributed by atoms with Crippen molar-refractivity contribution in [2.75, 3.05) is 6.54 Å². The Balaban J connectivity index is 2.00. The van der Waals surface area contributed by atoms with E-state index in [1.807, 2.05) is 0 Å². The van der Waals surface area contributed by atoms with Gasteiger partial charge in [-0.15, -0.1) is 0 Å². The molecule has 1 aromatic rings. The minimum atomic E-state index is 0.372. The standard InChI is InChI=1S/C12H15N/c1-9-3-2-4-11(5-9)12-6-10(7-12)8-13-12/h2-5,10,13H,6-8H2,1H3. The van der Waals surface area contributed by atoms with Crippen LogP contribution in [0.2, 0.25) is 0 Å². The Morgan fingerprint density at radius 2 is 2.23 bits per heavy atom. The van der Waals surface area contributed by atoms with Gasteiger partial charge in [0, 0.05) is 5.54 Å².